The Morgan fingerprint density at radius 2 is 1.95 bits per heavy atom. The van der Waals surface area contributed by atoms with Crippen molar-refractivity contribution in [2.24, 2.45) is 11.1 Å². The van der Waals surface area contributed by atoms with E-state index in [9.17, 15) is 9.59 Å². The fourth-order valence-electron chi connectivity index (χ4n) is 1.92. The van der Waals surface area contributed by atoms with Gasteiger partial charge in [-0.05, 0) is 6.92 Å². The van der Waals surface area contributed by atoms with E-state index in [0.717, 1.165) is 0 Å². The molecule has 2 rings (SSSR count). The van der Waals surface area contributed by atoms with Gasteiger partial charge in [-0.2, -0.15) is 0 Å². The normalized spacial score (nSPS) is 16.7. The Labute approximate surface area is 111 Å². The number of aromatic nitrogens is 2. The van der Waals surface area contributed by atoms with Gasteiger partial charge in [0.1, 0.15) is 11.5 Å². The molecule has 1 aliphatic heterocycles. The van der Waals surface area contributed by atoms with Crippen LogP contribution in [0.4, 0.5) is 5.82 Å². The van der Waals surface area contributed by atoms with E-state index in [0.29, 0.717) is 18.9 Å². The van der Waals surface area contributed by atoms with E-state index >= 15 is 0 Å². The summed E-state index contributed by atoms with van der Waals surface area (Å²) in [5.74, 6) is 0.0734. The molecular formula is C12H17N5O2. The van der Waals surface area contributed by atoms with Crippen molar-refractivity contribution in [3.8, 4) is 0 Å². The van der Waals surface area contributed by atoms with Gasteiger partial charge in [-0.1, -0.05) is 0 Å². The fourth-order valence-corrected chi connectivity index (χ4v) is 1.92. The Kier molecular flexibility index (Phi) is 3.13. The van der Waals surface area contributed by atoms with E-state index in [1.165, 1.54) is 6.20 Å². The third-order valence-corrected chi connectivity index (χ3v) is 3.28. The zero-order chi connectivity index (χ0) is 14.2. The minimum Gasteiger partial charge on any atom is -0.369 e. The lowest BCUT2D eigenvalue weighted by Crippen LogP contribution is -2.62. The summed E-state index contributed by atoms with van der Waals surface area (Å²) >= 11 is 0. The number of carbonyl (C=O) groups is 2. The minimum absolute atomic E-state index is 0.225. The third kappa shape index (κ3) is 2.35. The number of likely N-dealkylation sites (tertiary alicyclic amines) is 1. The topological polar surface area (TPSA) is 92.4 Å². The number of hydrogen-bond acceptors (Lipinski definition) is 5. The van der Waals surface area contributed by atoms with Gasteiger partial charge in [-0.25, -0.2) is 9.97 Å². The van der Waals surface area contributed by atoms with Crippen LogP contribution in [0.1, 0.15) is 17.4 Å². The highest BCUT2D eigenvalue weighted by molar-refractivity contribution is 5.95. The second-order valence-electron chi connectivity index (χ2n) is 5.24. The Hall–Kier alpha value is -2.18. The number of rotatable bonds is 3. The van der Waals surface area contributed by atoms with E-state index < -0.39 is 5.41 Å². The lowest BCUT2D eigenvalue weighted by molar-refractivity contribution is -0.134. The zero-order valence-electron chi connectivity index (χ0n) is 11.3. The first-order valence-electron chi connectivity index (χ1n) is 5.92. The molecule has 19 heavy (non-hydrogen) atoms. The van der Waals surface area contributed by atoms with Gasteiger partial charge < -0.3 is 15.5 Å². The van der Waals surface area contributed by atoms with Gasteiger partial charge in [0.25, 0.3) is 5.91 Å². The highest BCUT2D eigenvalue weighted by Gasteiger charge is 2.46. The predicted octanol–water partition coefficient (Wildman–Crippen LogP) is -0.510. The molecule has 0 radical (unpaired) electrons. The number of anilines is 1. The summed E-state index contributed by atoms with van der Waals surface area (Å²) in [6, 6.07) is 0. The highest BCUT2D eigenvalue weighted by Crippen LogP contribution is 2.30. The van der Waals surface area contributed by atoms with Crippen molar-refractivity contribution in [1.29, 1.82) is 0 Å². The molecule has 0 spiro atoms. The van der Waals surface area contributed by atoms with Crippen molar-refractivity contribution >= 4 is 17.6 Å². The monoisotopic (exact) mass is 263 g/mol. The van der Waals surface area contributed by atoms with Crippen molar-refractivity contribution in [1.82, 2.24) is 14.9 Å². The van der Waals surface area contributed by atoms with Crippen LogP contribution in [0.2, 0.25) is 0 Å². The molecule has 7 heteroatoms. The molecule has 1 aromatic rings. The summed E-state index contributed by atoms with van der Waals surface area (Å²) in [6.07, 6.45) is 2.98. The highest BCUT2D eigenvalue weighted by atomic mass is 16.2. The molecule has 2 N–H and O–H groups in total. The summed E-state index contributed by atoms with van der Waals surface area (Å²) < 4.78 is 0. The number of primary amides is 1. The first kappa shape index (κ1) is 13.3. The van der Waals surface area contributed by atoms with Crippen LogP contribution in [-0.4, -0.2) is 53.9 Å². The predicted molar refractivity (Wildman–Crippen MR) is 69.6 cm³/mol. The molecule has 102 valence electrons. The Bertz CT molecular complexity index is 505. The molecule has 0 aliphatic carbocycles. The number of hydrogen-bond donors (Lipinski definition) is 1. The van der Waals surface area contributed by atoms with Gasteiger partial charge in [-0.3, -0.25) is 9.59 Å². The maximum absolute atomic E-state index is 12.1. The Balaban J connectivity index is 2.04. The first-order valence-corrected chi connectivity index (χ1v) is 5.92. The minimum atomic E-state index is -0.618. The van der Waals surface area contributed by atoms with Crippen molar-refractivity contribution in [2.75, 3.05) is 32.1 Å². The molecule has 1 aromatic heterocycles. The van der Waals surface area contributed by atoms with Crippen molar-refractivity contribution < 1.29 is 9.59 Å². The van der Waals surface area contributed by atoms with E-state index in [1.807, 2.05) is 14.1 Å². The molecule has 0 atom stereocenters. The van der Waals surface area contributed by atoms with Crippen LogP contribution in [-0.2, 0) is 4.79 Å². The molecule has 0 saturated carbocycles. The van der Waals surface area contributed by atoms with Crippen molar-refractivity contribution in [3.05, 3.63) is 18.1 Å². The lowest BCUT2D eigenvalue weighted by Gasteiger charge is -2.45. The molecule has 2 amide bonds. The summed E-state index contributed by atoms with van der Waals surface area (Å²) in [4.78, 5) is 34.8. The van der Waals surface area contributed by atoms with E-state index in [-0.39, 0.29) is 17.5 Å². The van der Waals surface area contributed by atoms with Gasteiger partial charge in [0.05, 0.1) is 17.8 Å². The summed E-state index contributed by atoms with van der Waals surface area (Å²) in [5, 5.41) is 0. The van der Waals surface area contributed by atoms with Gasteiger partial charge in [0.2, 0.25) is 5.91 Å². The molecule has 1 saturated heterocycles. The Morgan fingerprint density at radius 3 is 2.37 bits per heavy atom. The summed E-state index contributed by atoms with van der Waals surface area (Å²) in [5.41, 5.74) is 4.93. The lowest BCUT2D eigenvalue weighted by atomic mass is 9.81. The number of nitrogens with zero attached hydrogens (tertiary/aromatic N) is 4. The SMILES string of the molecule is CN(C)c1cnc(C(=O)N2CC(C)(C(N)=O)C2)cn1. The van der Waals surface area contributed by atoms with Crippen LogP contribution >= 0.6 is 0 Å². The van der Waals surface area contributed by atoms with Gasteiger partial charge in [0.15, 0.2) is 0 Å². The quantitative estimate of drug-likeness (QED) is 0.793. The van der Waals surface area contributed by atoms with Crippen molar-refractivity contribution in [2.45, 2.75) is 6.92 Å². The maximum Gasteiger partial charge on any atom is 0.274 e. The average molecular weight is 263 g/mol. The molecule has 0 unspecified atom stereocenters. The molecule has 0 bridgehead atoms. The average Bonchev–Trinajstić information content (AvgIpc) is 2.34. The second kappa shape index (κ2) is 4.49. The van der Waals surface area contributed by atoms with Crippen LogP contribution in [0.25, 0.3) is 0 Å². The van der Waals surface area contributed by atoms with Crippen LogP contribution < -0.4 is 10.6 Å². The second-order valence-corrected chi connectivity index (χ2v) is 5.24. The smallest absolute Gasteiger partial charge is 0.274 e. The van der Waals surface area contributed by atoms with Crippen LogP contribution in [0.15, 0.2) is 12.4 Å². The van der Waals surface area contributed by atoms with Crippen molar-refractivity contribution in [3.63, 3.8) is 0 Å². The molecule has 0 aromatic carbocycles. The van der Waals surface area contributed by atoms with Gasteiger partial charge >= 0.3 is 0 Å². The maximum atomic E-state index is 12.1. The molecule has 7 nitrogen and oxygen atoms in total. The molecule has 1 fully saturated rings. The standard InChI is InChI=1S/C12H17N5O2/c1-12(11(13)19)6-17(7-12)10(18)8-4-15-9(5-14-8)16(2)3/h4-5H,6-7H2,1-3H3,(H2,13,19). The number of nitrogens with two attached hydrogens (primary N) is 1. The van der Waals surface area contributed by atoms with E-state index in [2.05, 4.69) is 9.97 Å². The zero-order valence-corrected chi connectivity index (χ0v) is 11.3. The third-order valence-electron chi connectivity index (χ3n) is 3.28. The van der Waals surface area contributed by atoms with Gasteiger partial charge in [0, 0.05) is 27.2 Å². The molecule has 1 aliphatic rings. The summed E-state index contributed by atoms with van der Waals surface area (Å²) in [7, 11) is 3.69. The van der Waals surface area contributed by atoms with Crippen LogP contribution in [0.3, 0.4) is 0 Å². The van der Waals surface area contributed by atoms with Crippen LogP contribution in [0, 0.1) is 5.41 Å². The first-order chi connectivity index (χ1) is 8.83. The number of amides is 2. The Morgan fingerprint density at radius 1 is 1.32 bits per heavy atom. The number of carbonyl (C=O) groups excluding carboxylic acids is 2. The largest absolute Gasteiger partial charge is 0.369 e. The summed E-state index contributed by atoms with van der Waals surface area (Å²) in [6.45, 7) is 2.41. The van der Waals surface area contributed by atoms with Crippen LogP contribution in [0.5, 0.6) is 0 Å². The van der Waals surface area contributed by atoms with E-state index in [4.69, 9.17) is 5.73 Å². The molecule has 2 heterocycles. The molecular weight excluding hydrogens is 246 g/mol. The fraction of sp³-hybridized carbons (Fsp3) is 0.500. The van der Waals surface area contributed by atoms with E-state index in [1.54, 1.807) is 22.9 Å². The van der Waals surface area contributed by atoms with Gasteiger partial charge in [-0.15, -0.1) is 0 Å².